The Balaban J connectivity index is 3.35. The third-order valence-corrected chi connectivity index (χ3v) is 1.47. The maximum Gasteiger partial charge on any atom is 0.330 e. The normalized spacial score (nSPS) is 10.5. The van der Waals surface area contributed by atoms with E-state index in [0.29, 0.717) is 19.8 Å². The average Bonchev–Trinajstić information content (AvgIpc) is 2.17. The van der Waals surface area contributed by atoms with Crippen molar-refractivity contribution in [1.29, 1.82) is 0 Å². The fourth-order valence-corrected chi connectivity index (χ4v) is 0.814. The molecule has 0 saturated heterocycles. The Morgan fingerprint density at radius 2 is 2.27 bits per heavy atom. The zero-order chi connectivity index (χ0) is 11.5. The molecule has 0 radical (unpaired) electrons. The highest BCUT2D eigenvalue weighted by atomic mass is 16.5. The number of carbonyl (C=O) groups excluding carboxylic acids is 1. The standard InChI is InChI=1S/C11H19NO3/c1-10(2)9-12-6-8-15-11(13)5-4-7-14-3/h4-5,12H,1,6-9H2,2-3H3/b5-4+. The highest BCUT2D eigenvalue weighted by Gasteiger charge is 1.95. The van der Waals surface area contributed by atoms with Crippen LogP contribution in [0.2, 0.25) is 0 Å². The van der Waals surface area contributed by atoms with Gasteiger partial charge in [-0.1, -0.05) is 18.2 Å². The summed E-state index contributed by atoms with van der Waals surface area (Å²) in [5.74, 6) is -0.343. The van der Waals surface area contributed by atoms with E-state index in [-0.39, 0.29) is 5.97 Å². The van der Waals surface area contributed by atoms with Crippen LogP contribution >= 0.6 is 0 Å². The molecule has 15 heavy (non-hydrogen) atoms. The highest BCUT2D eigenvalue weighted by molar-refractivity contribution is 5.81. The number of carbonyl (C=O) groups is 1. The Kier molecular flexibility index (Phi) is 8.72. The van der Waals surface area contributed by atoms with Crippen LogP contribution in [0.3, 0.4) is 0 Å². The Morgan fingerprint density at radius 1 is 1.53 bits per heavy atom. The molecule has 0 aliphatic rings. The first-order chi connectivity index (χ1) is 7.16. The topological polar surface area (TPSA) is 47.6 Å². The number of hydrogen-bond acceptors (Lipinski definition) is 4. The summed E-state index contributed by atoms with van der Waals surface area (Å²) in [5, 5.41) is 3.08. The van der Waals surface area contributed by atoms with E-state index in [1.807, 2.05) is 6.92 Å². The van der Waals surface area contributed by atoms with Crippen molar-refractivity contribution in [2.24, 2.45) is 0 Å². The summed E-state index contributed by atoms with van der Waals surface area (Å²) in [5.41, 5.74) is 1.06. The molecule has 0 heterocycles. The van der Waals surface area contributed by atoms with Crippen molar-refractivity contribution in [2.45, 2.75) is 6.92 Å². The minimum Gasteiger partial charge on any atom is -0.461 e. The summed E-state index contributed by atoms with van der Waals surface area (Å²) in [6, 6.07) is 0. The van der Waals surface area contributed by atoms with E-state index in [0.717, 1.165) is 12.1 Å². The Bertz CT molecular complexity index is 224. The molecule has 0 amide bonds. The molecule has 86 valence electrons. The lowest BCUT2D eigenvalue weighted by Gasteiger charge is -2.04. The number of methoxy groups -OCH3 is 1. The number of esters is 1. The molecule has 4 heteroatoms. The van der Waals surface area contributed by atoms with Crippen molar-refractivity contribution in [3.8, 4) is 0 Å². The van der Waals surface area contributed by atoms with Gasteiger partial charge in [-0.25, -0.2) is 4.79 Å². The van der Waals surface area contributed by atoms with Crippen LogP contribution in [-0.2, 0) is 14.3 Å². The third kappa shape index (κ3) is 10.8. The van der Waals surface area contributed by atoms with Crippen LogP contribution in [0.1, 0.15) is 6.92 Å². The van der Waals surface area contributed by atoms with Crippen LogP contribution < -0.4 is 5.32 Å². The zero-order valence-electron chi connectivity index (χ0n) is 9.41. The molecule has 0 bridgehead atoms. The maximum absolute atomic E-state index is 11.0. The van der Waals surface area contributed by atoms with Crippen molar-refractivity contribution in [3.63, 3.8) is 0 Å². The molecule has 0 aliphatic heterocycles. The number of hydrogen-bond donors (Lipinski definition) is 1. The molecule has 0 spiro atoms. The number of nitrogens with one attached hydrogen (secondary N) is 1. The zero-order valence-corrected chi connectivity index (χ0v) is 9.41. The molecular formula is C11H19NO3. The lowest BCUT2D eigenvalue weighted by atomic mass is 10.3. The lowest BCUT2D eigenvalue weighted by molar-refractivity contribution is -0.137. The molecule has 0 unspecified atom stereocenters. The molecule has 4 nitrogen and oxygen atoms in total. The van der Waals surface area contributed by atoms with Crippen molar-refractivity contribution >= 4 is 5.97 Å². The van der Waals surface area contributed by atoms with Crippen LogP contribution in [0, 0.1) is 0 Å². The number of rotatable bonds is 8. The Labute approximate surface area is 90.9 Å². The Hall–Kier alpha value is -1.13. The molecule has 0 fully saturated rings. The average molecular weight is 213 g/mol. The van der Waals surface area contributed by atoms with Gasteiger partial charge in [0, 0.05) is 26.3 Å². The molecule has 0 atom stereocenters. The van der Waals surface area contributed by atoms with E-state index in [9.17, 15) is 4.79 Å². The fraction of sp³-hybridized carbons (Fsp3) is 0.545. The van der Waals surface area contributed by atoms with Gasteiger partial charge in [0.15, 0.2) is 0 Å². The van der Waals surface area contributed by atoms with Crippen molar-refractivity contribution in [2.75, 3.05) is 33.4 Å². The molecule has 0 aromatic heterocycles. The van der Waals surface area contributed by atoms with E-state index in [2.05, 4.69) is 11.9 Å². The second-order valence-corrected chi connectivity index (χ2v) is 3.16. The van der Waals surface area contributed by atoms with E-state index in [1.165, 1.54) is 6.08 Å². The molecule has 0 aromatic carbocycles. The molecule has 1 N–H and O–H groups in total. The van der Waals surface area contributed by atoms with Gasteiger partial charge in [-0.3, -0.25) is 0 Å². The smallest absolute Gasteiger partial charge is 0.330 e. The molecule has 0 saturated carbocycles. The Morgan fingerprint density at radius 3 is 2.87 bits per heavy atom. The van der Waals surface area contributed by atoms with Crippen molar-refractivity contribution < 1.29 is 14.3 Å². The highest BCUT2D eigenvalue weighted by Crippen LogP contribution is 1.83. The minimum absolute atomic E-state index is 0.343. The summed E-state index contributed by atoms with van der Waals surface area (Å²) in [6.07, 6.45) is 2.98. The largest absolute Gasteiger partial charge is 0.461 e. The first kappa shape index (κ1) is 13.9. The molecule has 0 rings (SSSR count). The van der Waals surface area contributed by atoms with Gasteiger partial charge in [0.1, 0.15) is 6.61 Å². The second kappa shape index (κ2) is 9.43. The van der Waals surface area contributed by atoms with Gasteiger partial charge < -0.3 is 14.8 Å². The summed E-state index contributed by atoms with van der Waals surface area (Å²) < 4.78 is 9.64. The first-order valence-corrected chi connectivity index (χ1v) is 4.84. The van der Waals surface area contributed by atoms with E-state index in [1.54, 1.807) is 13.2 Å². The van der Waals surface area contributed by atoms with Crippen LogP contribution in [0.5, 0.6) is 0 Å². The van der Waals surface area contributed by atoms with Crippen LogP contribution in [0.4, 0.5) is 0 Å². The van der Waals surface area contributed by atoms with Crippen LogP contribution in [0.25, 0.3) is 0 Å². The van der Waals surface area contributed by atoms with Crippen molar-refractivity contribution in [3.05, 3.63) is 24.3 Å². The fourth-order valence-electron chi connectivity index (χ4n) is 0.814. The van der Waals surface area contributed by atoms with E-state index < -0.39 is 0 Å². The van der Waals surface area contributed by atoms with Gasteiger partial charge in [0.25, 0.3) is 0 Å². The van der Waals surface area contributed by atoms with Gasteiger partial charge in [0.2, 0.25) is 0 Å². The maximum atomic E-state index is 11.0. The number of ether oxygens (including phenoxy) is 2. The first-order valence-electron chi connectivity index (χ1n) is 4.84. The SMILES string of the molecule is C=C(C)CNCCOC(=O)/C=C/COC. The van der Waals surface area contributed by atoms with Gasteiger partial charge in [0.05, 0.1) is 6.61 Å². The van der Waals surface area contributed by atoms with Gasteiger partial charge in [-0.2, -0.15) is 0 Å². The van der Waals surface area contributed by atoms with E-state index in [4.69, 9.17) is 9.47 Å². The lowest BCUT2D eigenvalue weighted by Crippen LogP contribution is -2.22. The monoisotopic (exact) mass is 213 g/mol. The minimum atomic E-state index is -0.343. The third-order valence-electron chi connectivity index (χ3n) is 1.47. The quantitative estimate of drug-likeness (QED) is 0.282. The van der Waals surface area contributed by atoms with Crippen LogP contribution in [0.15, 0.2) is 24.3 Å². The molecule has 0 aromatic rings. The summed E-state index contributed by atoms with van der Waals surface area (Å²) in [7, 11) is 1.57. The van der Waals surface area contributed by atoms with Crippen LogP contribution in [-0.4, -0.2) is 39.4 Å². The summed E-state index contributed by atoms with van der Waals surface area (Å²) in [4.78, 5) is 11.0. The molecule has 0 aliphatic carbocycles. The summed E-state index contributed by atoms with van der Waals surface area (Å²) >= 11 is 0. The van der Waals surface area contributed by atoms with Gasteiger partial charge in [-0.05, 0) is 6.92 Å². The second-order valence-electron chi connectivity index (χ2n) is 3.16. The van der Waals surface area contributed by atoms with E-state index >= 15 is 0 Å². The molecular weight excluding hydrogens is 194 g/mol. The predicted molar refractivity (Wildman–Crippen MR) is 59.7 cm³/mol. The predicted octanol–water partition coefficient (Wildman–Crippen LogP) is 0.898. The van der Waals surface area contributed by atoms with Crippen molar-refractivity contribution in [1.82, 2.24) is 5.32 Å². The van der Waals surface area contributed by atoms with Gasteiger partial charge in [-0.15, -0.1) is 0 Å². The summed E-state index contributed by atoms with van der Waals surface area (Å²) in [6.45, 7) is 7.85. The van der Waals surface area contributed by atoms with Gasteiger partial charge >= 0.3 is 5.97 Å².